The topological polar surface area (TPSA) is 88.6 Å². The van der Waals surface area contributed by atoms with Crippen LogP contribution in [0.5, 0.6) is 0 Å². The number of pyridine rings is 1. The number of methoxy groups -OCH3 is 1. The molecule has 154 valence electrons. The Morgan fingerprint density at radius 1 is 1.07 bits per heavy atom. The van der Waals surface area contributed by atoms with Gasteiger partial charge in [-0.3, -0.25) is 10.3 Å². The fraction of sp³-hybridized carbons (Fsp3) is 0.182. The van der Waals surface area contributed by atoms with Crippen LogP contribution in [0, 0.1) is 0 Å². The Labute approximate surface area is 175 Å². The molecule has 8 heteroatoms. The zero-order valence-electron chi connectivity index (χ0n) is 16.4. The molecule has 0 aliphatic carbocycles. The number of benzene rings is 2. The number of carbonyl (C=O) groups excluding carboxylic acids is 1. The molecule has 2 heterocycles. The maximum absolute atomic E-state index is 13.6. The Morgan fingerprint density at radius 3 is 2.47 bits per heavy atom. The van der Waals surface area contributed by atoms with Crippen LogP contribution in [-0.4, -0.2) is 37.5 Å². The quantitative estimate of drug-likeness (QED) is 0.693. The molecule has 3 aromatic rings. The smallest absolute Gasteiger partial charge is 0.411 e. The third-order valence-electron chi connectivity index (χ3n) is 5.15. The van der Waals surface area contributed by atoms with Crippen molar-refractivity contribution in [2.45, 2.75) is 17.4 Å². The second-order valence-electron chi connectivity index (χ2n) is 6.89. The van der Waals surface area contributed by atoms with Crippen molar-refractivity contribution in [2.75, 3.05) is 19.0 Å². The van der Waals surface area contributed by atoms with E-state index in [1.165, 1.54) is 23.5 Å². The first-order chi connectivity index (χ1) is 14.5. The summed E-state index contributed by atoms with van der Waals surface area (Å²) < 4.78 is 33.2. The molecule has 1 aliphatic heterocycles. The Balaban J connectivity index is 1.73. The summed E-state index contributed by atoms with van der Waals surface area (Å²) in [5, 5.41) is 2.52. The molecule has 1 aliphatic rings. The first-order valence-corrected chi connectivity index (χ1v) is 10.9. The molecule has 0 saturated carbocycles. The monoisotopic (exact) mass is 423 g/mol. The van der Waals surface area contributed by atoms with Crippen LogP contribution in [0.1, 0.15) is 22.7 Å². The average Bonchev–Trinajstić information content (AvgIpc) is 2.79. The molecule has 1 N–H and O–H groups in total. The molecular weight excluding hydrogens is 402 g/mol. The molecule has 1 amide bonds. The minimum atomic E-state index is -3.78. The fourth-order valence-electron chi connectivity index (χ4n) is 3.71. The first kappa shape index (κ1) is 20.1. The van der Waals surface area contributed by atoms with E-state index in [1.807, 2.05) is 36.4 Å². The minimum absolute atomic E-state index is 0.163. The highest BCUT2D eigenvalue weighted by Gasteiger charge is 2.37. The van der Waals surface area contributed by atoms with Gasteiger partial charge in [-0.15, -0.1) is 0 Å². The molecule has 0 radical (unpaired) electrons. The number of amides is 1. The molecule has 4 rings (SSSR count). The van der Waals surface area contributed by atoms with Crippen LogP contribution in [0.4, 0.5) is 10.5 Å². The van der Waals surface area contributed by atoms with Crippen LogP contribution >= 0.6 is 0 Å². The van der Waals surface area contributed by atoms with Crippen molar-refractivity contribution in [3.05, 3.63) is 89.7 Å². The van der Waals surface area contributed by atoms with Gasteiger partial charge in [0.2, 0.25) is 10.0 Å². The molecular formula is C22H21N3O4S. The summed E-state index contributed by atoms with van der Waals surface area (Å²) in [5.74, 6) is 0. The second-order valence-corrected chi connectivity index (χ2v) is 8.78. The highest BCUT2D eigenvalue weighted by molar-refractivity contribution is 7.89. The van der Waals surface area contributed by atoms with E-state index >= 15 is 0 Å². The van der Waals surface area contributed by atoms with Gasteiger partial charge in [-0.25, -0.2) is 13.2 Å². The Hall–Kier alpha value is -3.23. The van der Waals surface area contributed by atoms with Gasteiger partial charge in [-0.2, -0.15) is 4.31 Å². The Bertz CT molecular complexity index is 1150. The highest BCUT2D eigenvalue weighted by atomic mass is 32.2. The van der Waals surface area contributed by atoms with Gasteiger partial charge in [0.25, 0.3) is 0 Å². The number of hydrogen-bond acceptors (Lipinski definition) is 5. The van der Waals surface area contributed by atoms with Crippen LogP contribution in [0.25, 0.3) is 0 Å². The lowest BCUT2D eigenvalue weighted by Gasteiger charge is -2.36. The van der Waals surface area contributed by atoms with Gasteiger partial charge >= 0.3 is 6.09 Å². The molecule has 0 fully saturated rings. The molecule has 1 aromatic heterocycles. The Morgan fingerprint density at radius 2 is 1.77 bits per heavy atom. The summed E-state index contributed by atoms with van der Waals surface area (Å²) in [6, 6.07) is 17.2. The third-order valence-corrected chi connectivity index (χ3v) is 7.03. The number of rotatable bonds is 4. The summed E-state index contributed by atoms with van der Waals surface area (Å²) >= 11 is 0. The average molecular weight is 423 g/mol. The van der Waals surface area contributed by atoms with Crippen molar-refractivity contribution in [3.8, 4) is 0 Å². The predicted octanol–water partition coefficient (Wildman–Crippen LogP) is 3.60. The highest BCUT2D eigenvalue weighted by Crippen LogP contribution is 2.38. The normalized spacial score (nSPS) is 16.5. The standard InChI is InChI=1S/C22H21N3O4S/c1-29-22(26)24-18-6-8-19(9-7-18)30(27,28)25-15-12-16-4-2-3-5-20(16)21(25)17-10-13-23-14-11-17/h2-11,13-14,21H,12,15H2,1H3,(H,24,26). The fourth-order valence-corrected chi connectivity index (χ4v) is 5.30. The van der Waals surface area contributed by atoms with E-state index in [2.05, 4.69) is 15.0 Å². The molecule has 7 nitrogen and oxygen atoms in total. The van der Waals surface area contributed by atoms with E-state index in [-0.39, 0.29) is 4.90 Å². The molecule has 0 saturated heterocycles. The number of ether oxygens (including phenoxy) is 1. The predicted molar refractivity (Wildman–Crippen MR) is 113 cm³/mol. The van der Waals surface area contributed by atoms with E-state index in [0.717, 1.165) is 16.7 Å². The van der Waals surface area contributed by atoms with Gasteiger partial charge in [0.05, 0.1) is 18.0 Å². The van der Waals surface area contributed by atoms with Gasteiger partial charge in [-0.1, -0.05) is 24.3 Å². The molecule has 0 spiro atoms. The number of hydrogen-bond donors (Lipinski definition) is 1. The van der Waals surface area contributed by atoms with Crippen LogP contribution in [0.15, 0.2) is 78.0 Å². The number of aromatic nitrogens is 1. The van der Waals surface area contributed by atoms with Gasteiger partial charge in [0, 0.05) is 24.6 Å². The lowest BCUT2D eigenvalue weighted by atomic mass is 9.90. The summed E-state index contributed by atoms with van der Waals surface area (Å²) in [4.78, 5) is 15.6. The largest absolute Gasteiger partial charge is 0.453 e. The van der Waals surface area contributed by atoms with Crippen LogP contribution in [0.2, 0.25) is 0 Å². The zero-order valence-corrected chi connectivity index (χ0v) is 17.2. The van der Waals surface area contributed by atoms with Crippen molar-refractivity contribution in [2.24, 2.45) is 0 Å². The summed E-state index contributed by atoms with van der Waals surface area (Å²) in [6.45, 7) is 0.370. The van der Waals surface area contributed by atoms with Crippen LogP contribution in [-0.2, 0) is 21.2 Å². The molecule has 30 heavy (non-hydrogen) atoms. The second kappa shape index (κ2) is 8.25. The van der Waals surface area contributed by atoms with Gasteiger partial charge in [0.15, 0.2) is 0 Å². The molecule has 0 bridgehead atoms. The zero-order chi connectivity index (χ0) is 21.1. The van der Waals surface area contributed by atoms with E-state index in [4.69, 9.17) is 0 Å². The van der Waals surface area contributed by atoms with Gasteiger partial charge < -0.3 is 4.74 Å². The number of carbonyl (C=O) groups is 1. The SMILES string of the molecule is COC(=O)Nc1ccc(S(=O)(=O)N2CCc3ccccc3C2c2ccncc2)cc1. The van der Waals surface area contributed by atoms with E-state index in [9.17, 15) is 13.2 Å². The lowest BCUT2D eigenvalue weighted by Crippen LogP contribution is -2.40. The summed E-state index contributed by atoms with van der Waals surface area (Å²) in [7, 11) is -2.52. The van der Waals surface area contributed by atoms with Crippen molar-refractivity contribution in [3.63, 3.8) is 0 Å². The first-order valence-electron chi connectivity index (χ1n) is 9.45. The van der Waals surface area contributed by atoms with Crippen molar-refractivity contribution in [1.82, 2.24) is 9.29 Å². The third kappa shape index (κ3) is 3.79. The van der Waals surface area contributed by atoms with Gasteiger partial charge in [-0.05, 0) is 59.5 Å². The van der Waals surface area contributed by atoms with Crippen LogP contribution in [0.3, 0.4) is 0 Å². The number of anilines is 1. The maximum Gasteiger partial charge on any atom is 0.411 e. The number of nitrogens with zero attached hydrogens (tertiary/aromatic N) is 2. The lowest BCUT2D eigenvalue weighted by molar-refractivity contribution is 0.187. The Kier molecular flexibility index (Phi) is 5.52. The number of fused-ring (bicyclic) bond motifs is 1. The van der Waals surface area contributed by atoms with E-state index in [0.29, 0.717) is 18.7 Å². The number of nitrogens with one attached hydrogen (secondary N) is 1. The molecule has 1 unspecified atom stereocenters. The van der Waals surface area contributed by atoms with Crippen LogP contribution < -0.4 is 5.32 Å². The van der Waals surface area contributed by atoms with Crippen molar-refractivity contribution in [1.29, 1.82) is 0 Å². The maximum atomic E-state index is 13.6. The summed E-state index contributed by atoms with van der Waals surface area (Å²) in [6.07, 6.45) is 3.37. The number of sulfonamides is 1. The van der Waals surface area contributed by atoms with E-state index in [1.54, 1.807) is 24.5 Å². The molecule has 1 atom stereocenters. The van der Waals surface area contributed by atoms with Crippen molar-refractivity contribution < 1.29 is 17.9 Å². The minimum Gasteiger partial charge on any atom is -0.453 e. The molecule has 2 aromatic carbocycles. The van der Waals surface area contributed by atoms with Gasteiger partial charge in [0.1, 0.15) is 0 Å². The van der Waals surface area contributed by atoms with E-state index < -0.39 is 22.2 Å². The van der Waals surface area contributed by atoms with Crippen molar-refractivity contribution >= 4 is 21.8 Å². The summed E-state index contributed by atoms with van der Waals surface area (Å²) in [5.41, 5.74) is 3.44.